The molecule has 29 heteroatoms. The molecule has 2 fully saturated rings. The van der Waals surface area contributed by atoms with Gasteiger partial charge in [-0.15, -0.1) is 0 Å². The van der Waals surface area contributed by atoms with Gasteiger partial charge in [0, 0.05) is 129 Å². The number of Topliss-reactive ketones (excluding diaryl/α,β-unsaturated/α-hetero) is 1. The van der Waals surface area contributed by atoms with Crippen molar-refractivity contribution in [2.75, 3.05) is 52.1 Å². The Morgan fingerprint density at radius 1 is 0.627 bits per heavy atom. The summed E-state index contributed by atoms with van der Waals surface area (Å²) in [6, 6.07) is 5.90. The van der Waals surface area contributed by atoms with Crippen molar-refractivity contribution in [3.05, 3.63) is 119 Å². The molecule has 8 heterocycles. The second kappa shape index (κ2) is 20.8. The molecule has 1 spiro atoms. The van der Waals surface area contributed by atoms with Gasteiger partial charge in [-0.25, -0.2) is 14.8 Å². The predicted octanol–water partition coefficient (Wildman–Crippen LogP) is 1.91. The number of hydrogen-bond acceptors (Lipinski definition) is 15. The molecular weight excluding hydrogens is 1080 g/mol. The van der Waals surface area contributed by atoms with Crippen LogP contribution in [0.4, 0.5) is 34.4 Å². The molecular formula is C54H57N17O12. The van der Waals surface area contributed by atoms with E-state index in [4.69, 9.17) is 4.74 Å². The highest BCUT2D eigenvalue weighted by molar-refractivity contribution is 6.26. The summed E-state index contributed by atoms with van der Waals surface area (Å²) in [5, 5.41) is 21.7. The van der Waals surface area contributed by atoms with Crippen molar-refractivity contribution in [2.24, 2.45) is 53.6 Å². The number of nitrogens with one attached hydrogen (secondary N) is 8. The van der Waals surface area contributed by atoms with Crippen LogP contribution >= 0.6 is 0 Å². The number of aromatic nitrogens is 8. The number of carbonyl (C=O) groups is 11. The van der Waals surface area contributed by atoms with E-state index in [1.54, 1.807) is 60.9 Å². The smallest absolute Gasteiger partial charge is 0.339 e. The van der Waals surface area contributed by atoms with Gasteiger partial charge in [0.05, 0.1) is 35.6 Å². The first-order valence-corrected chi connectivity index (χ1v) is 25.9. The van der Waals surface area contributed by atoms with Gasteiger partial charge < -0.3 is 79.6 Å². The van der Waals surface area contributed by atoms with E-state index in [0.29, 0.717) is 23.5 Å². The Labute approximate surface area is 471 Å². The fraction of sp³-hybridized carbons (Fsp3) is 0.315. The highest BCUT2D eigenvalue weighted by Gasteiger charge is 2.73. The minimum Gasteiger partial charge on any atom is -0.467 e. The summed E-state index contributed by atoms with van der Waals surface area (Å²) in [4.78, 5) is 155. The molecule has 1 saturated carbocycles. The Morgan fingerprint density at radius 3 is 1.60 bits per heavy atom. The highest BCUT2D eigenvalue weighted by Crippen LogP contribution is 2.70. The molecule has 10 rings (SSSR count). The van der Waals surface area contributed by atoms with Crippen LogP contribution in [0, 0.1) is 11.3 Å². The molecule has 6 aromatic rings. The number of esters is 1. The number of rotatable bonds is 17. The molecule has 0 radical (unpaired) electrons. The zero-order valence-corrected chi connectivity index (χ0v) is 46.4. The topological polar surface area (TPSA) is 352 Å². The highest BCUT2D eigenvalue weighted by atomic mass is 16.5. The second-order valence-electron chi connectivity index (χ2n) is 20.9. The van der Waals surface area contributed by atoms with Crippen molar-refractivity contribution in [1.82, 2.24) is 52.9 Å². The van der Waals surface area contributed by atoms with Crippen LogP contribution in [0.15, 0.2) is 84.5 Å². The quantitative estimate of drug-likeness (QED) is 0.0367. The summed E-state index contributed by atoms with van der Waals surface area (Å²) in [5.41, 5.74) is -0.0868. The first kappa shape index (κ1) is 55.7. The minimum atomic E-state index is -1.77. The van der Waals surface area contributed by atoms with Crippen LogP contribution < -0.4 is 42.5 Å². The molecule has 2 aliphatic carbocycles. The summed E-state index contributed by atoms with van der Waals surface area (Å²) in [6.07, 6.45) is 11.2. The van der Waals surface area contributed by atoms with Gasteiger partial charge in [0.2, 0.25) is 29.2 Å². The average molecular weight is 1140 g/mol. The predicted molar refractivity (Wildman–Crippen MR) is 295 cm³/mol. The fourth-order valence-electron chi connectivity index (χ4n) is 10.9. The largest absolute Gasteiger partial charge is 0.467 e. The number of methoxy groups -OCH3 is 1. The lowest BCUT2D eigenvalue weighted by molar-refractivity contribution is -0.150. The summed E-state index contributed by atoms with van der Waals surface area (Å²) < 4.78 is 13.8. The number of nitrogens with zero attached hydrogens (tertiary/aromatic N) is 9. The molecule has 83 heavy (non-hydrogen) atoms. The van der Waals surface area contributed by atoms with E-state index in [1.165, 1.54) is 95.1 Å². The standard InChI is InChI=1S/C54H57N17O12/c1-26(72)56-38-24-69(7)44(62-38)49(79)59-29-14-33(66(4)21-29)47(77)57-28-13-32(65(3)20-28)46(76)55-12-10-11-40(74)61-39-25-70(8)45(63-39)50(80)60-30-15-34(67(5)22-30)48(78)58-31-16-35(68(6)23-31)51(81)71-19-27-18-54(27)37(71)17-36(73)42-41(54)43(75)53(2,64-42)52(82)83-9/h13-17,20-25,27,64H,10-12,18-19H2,1-9H3,(H,55,76)(H,56,72)(H,57,77)(H,58,78)(H,59,79)(H,60,80)(H,61,74)/t27-,53-,54+/m0/s1. The van der Waals surface area contributed by atoms with E-state index in [0.717, 1.165) is 7.11 Å². The summed E-state index contributed by atoms with van der Waals surface area (Å²) in [5.74, 6) is -5.76. The van der Waals surface area contributed by atoms with E-state index in [9.17, 15) is 52.7 Å². The van der Waals surface area contributed by atoms with Crippen LogP contribution in [0.3, 0.4) is 0 Å². The van der Waals surface area contributed by atoms with Gasteiger partial charge >= 0.3 is 5.97 Å². The molecule has 3 atom stereocenters. The van der Waals surface area contributed by atoms with Crippen LogP contribution in [0.2, 0.25) is 0 Å². The first-order valence-electron chi connectivity index (χ1n) is 25.9. The minimum absolute atomic E-state index is 0.0118. The van der Waals surface area contributed by atoms with Crippen LogP contribution in [-0.2, 0) is 71.0 Å². The first-order chi connectivity index (χ1) is 39.3. The van der Waals surface area contributed by atoms with Crippen LogP contribution in [0.25, 0.3) is 0 Å². The Hall–Kier alpha value is -10.6. The number of piperidine rings is 1. The maximum absolute atomic E-state index is 14.1. The molecule has 6 aromatic heterocycles. The number of likely N-dealkylation sites (tertiary alicyclic amines) is 1. The van der Waals surface area contributed by atoms with E-state index >= 15 is 0 Å². The molecule has 29 nitrogen and oxygen atoms in total. The molecule has 4 aliphatic rings. The van der Waals surface area contributed by atoms with Crippen molar-refractivity contribution in [1.29, 1.82) is 0 Å². The number of carbonyl (C=O) groups excluding carboxylic acids is 11. The molecule has 2 aliphatic heterocycles. The average Bonchev–Trinajstić information content (AvgIpc) is 1.53. The molecule has 8 amide bonds. The molecule has 0 unspecified atom stereocenters. The number of ether oxygens (including phenoxy) is 1. The van der Waals surface area contributed by atoms with Gasteiger partial charge in [0.15, 0.2) is 23.0 Å². The van der Waals surface area contributed by atoms with Crippen LogP contribution in [-0.4, -0.2) is 133 Å². The number of allylic oxidation sites excluding steroid dienone is 2. The zero-order valence-electron chi connectivity index (χ0n) is 46.4. The molecule has 8 N–H and O–H groups in total. The monoisotopic (exact) mass is 1140 g/mol. The van der Waals surface area contributed by atoms with Gasteiger partial charge in [-0.3, -0.25) is 47.9 Å². The summed E-state index contributed by atoms with van der Waals surface area (Å²) >= 11 is 0. The van der Waals surface area contributed by atoms with Gasteiger partial charge in [-0.2, -0.15) is 0 Å². The van der Waals surface area contributed by atoms with Gasteiger partial charge in [-0.1, -0.05) is 0 Å². The lowest BCUT2D eigenvalue weighted by atomic mass is 9.80. The maximum Gasteiger partial charge on any atom is 0.339 e. The third kappa shape index (κ3) is 10.1. The molecule has 430 valence electrons. The van der Waals surface area contributed by atoms with E-state index < -0.39 is 69.8 Å². The van der Waals surface area contributed by atoms with E-state index in [-0.39, 0.29) is 106 Å². The lowest BCUT2D eigenvalue weighted by Crippen LogP contribution is -2.52. The normalized spacial score (nSPS) is 18.3. The Balaban J connectivity index is 0.675. The summed E-state index contributed by atoms with van der Waals surface area (Å²) in [6.45, 7) is 3.05. The zero-order chi connectivity index (χ0) is 59.7. The van der Waals surface area contributed by atoms with Gasteiger partial charge in [0.1, 0.15) is 22.8 Å². The van der Waals surface area contributed by atoms with E-state index in [1.807, 2.05) is 0 Å². The third-order valence-corrected chi connectivity index (χ3v) is 14.9. The van der Waals surface area contributed by atoms with Crippen molar-refractivity contribution < 1.29 is 57.5 Å². The maximum atomic E-state index is 14.1. The molecule has 0 aromatic carbocycles. The Morgan fingerprint density at radius 2 is 1.10 bits per heavy atom. The van der Waals surface area contributed by atoms with Crippen molar-refractivity contribution in [3.8, 4) is 0 Å². The molecule has 1 saturated heterocycles. The van der Waals surface area contributed by atoms with Crippen molar-refractivity contribution in [2.45, 2.75) is 38.6 Å². The van der Waals surface area contributed by atoms with Gasteiger partial charge in [-0.05, 0) is 49.9 Å². The second-order valence-corrected chi connectivity index (χ2v) is 20.9. The third-order valence-electron chi connectivity index (χ3n) is 14.9. The van der Waals surface area contributed by atoms with Gasteiger partial charge in [0.25, 0.3) is 35.4 Å². The number of ketones is 2. The number of aryl methyl sites for hydroxylation is 6. The Bertz CT molecular complexity index is 3930. The number of hydrogen-bond donors (Lipinski definition) is 8. The number of imidazole rings is 2. The fourth-order valence-corrected chi connectivity index (χ4v) is 10.9. The van der Waals surface area contributed by atoms with Crippen LogP contribution in [0.1, 0.15) is 96.3 Å². The van der Waals surface area contributed by atoms with E-state index in [2.05, 4.69) is 52.5 Å². The Kier molecular flexibility index (Phi) is 14.0. The summed E-state index contributed by atoms with van der Waals surface area (Å²) in [7, 11) is 10.8. The van der Waals surface area contributed by atoms with Crippen molar-refractivity contribution >= 4 is 99.2 Å². The number of amides is 8. The molecule has 0 bridgehead atoms. The number of anilines is 6. The lowest BCUT2D eigenvalue weighted by Gasteiger charge is -2.28. The van der Waals surface area contributed by atoms with Crippen molar-refractivity contribution in [3.63, 3.8) is 0 Å². The van der Waals surface area contributed by atoms with Crippen LogP contribution in [0.5, 0.6) is 0 Å². The SMILES string of the molecule is COC(=O)[C@@]1(C)NC2=C(C1=O)[C@]13C[C@H]1CN(C(=O)c1cc(NC(=O)c4cc(NC(=O)c5nc(NC(=O)CCCNC(=O)c6cc(NC(=O)c7cc(NC(=O)c8nc(NC(C)=O)cn8C)cn7C)cn6C)cn5C)cn4C)cn1C)C3=CC2=O.